The molecular formula is C14H16OS. The van der Waals surface area contributed by atoms with Crippen molar-refractivity contribution in [2.24, 2.45) is 0 Å². The van der Waals surface area contributed by atoms with Gasteiger partial charge in [0, 0.05) is 4.88 Å². The molecule has 0 aliphatic heterocycles. The third kappa shape index (κ3) is 1.91. The lowest BCUT2D eigenvalue weighted by Gasteiger charge is -2.24. The molecule has 1 aromatic carbocycles. The molecule has 0 bridgehead atoms. The number of hydrogen-bond acceptors (Lipinski definition) is 2. The topological polar surface area (TPSA) is 20.2 Å². The molecule has 0 amide bonds. The Morgan fingerprint density at radius 1 is 1.19 bits per heavy atom. The Morgan fingerprint density at radius 2 is 1.94 bits per heavy atom. The van der Waals surface area contributed by atoms with Crippen molar-refractivity contribution in [2.75, 3.05) is 0 Å². The molecule has 0 spiro atoms. The largest absolute Gasteiger partial charge is 0.380 e. The van der Waals surface area contributed by atoms with Gasteiger partial charge in [0.15, 0.2) is 0 Å². The third-order valence-corrected chi connectivity index (χ3v) is 4.11. The highest BCUT2D eigenvalue weighted by atomic mass is 32.1. The fourth-order valence-corrected chi connectivity index (χ4v) is 2.96. The summed E-state index contributed by atoms with van der Waals surface area (Å²) in [4.78, 5) is 1.03. The van der Waals surface area contributed by atoms with Crippen LogP contribution in [0.1, 0.15) is 28.5 Å². The number of aryl methyl sites for hydroxylation is 2. The minimum Gasteiger partial charge on any atom is -0.380 e. The zero-order valence-corrected chi connectivity index (χ0v) is 10.6. The first-order valence-corrected chi connectivity index (χ1v) is 6.24. The Labute approximate surface area is 100 Å². The van der Waals surface area contributed by atoms with Crippen LogP contribution in [0.2, 0.25) is 0 Å². The molecule has 0 aliphatic carbocycles. The molecule has 16 heavy (non-hydrogen) atoms. The van der Waals surface area contributed by atoms with Gasteiger partial charge in [-0.2, -0.15) is 0 Å². The van der Waals surface area contributed by atoms with E-state index < -0.39 is 5.60 Å². The molecule has 0 saturated carbocycles. The summed E-state index contributed by atoms with van der Waals surface area (Å²) >= 11 is 1.61. The van der Waals surface area contributed by atoms with Crippen LogP contribution in [-0.4, -0.2) is 5.11 Å². The molecular weight excluding hydrogens is 216 g/mol. The van der Waals surface area contributed by atoms with Gasteiger partial charge in [0.2, 0.25) is 0 Å². The van der Waals surface area contributed by atoms with Gasteiger partial charge in [0.25, 0.3) is 0 Å². The van der Waals surface area contributed by atoms with E-state index in [1.165, 1.54) is 5.56 Å². The van der Waals surface area contributed by atoms with Crippen molar-refractivity contribution in [3.63, 3.8) is 0 Å². The Hall–Kier alpha value is -1.12. The highest BCUT2D eigenvalue weighted by Gasteiger charge is 2.28. The summed E-state index contributed by atoms with van der Waals surface area (Å²) in [6.45, 7) is 5.94. The molecule has 0 aliphatic rings. The Bertz CT molecular complexity index is 497. The van der Waals surface area contributed by atoms with Crippen LogP contribution in [0.25, 0.3) is 0 Å². The first kappa shape index (κ1) is 11.4. The first-order chi connectivity index (χ1) is 7.51. The predicted octanol–water partition coefficient (Wildman–Crippen LogP) is 3.62. The molecule has 1 unspecified atom stereocenters. The normalized spacial score (nSPS) is 14.8. The fraction of sp³-hybridized carbons (Fsp3) is 0.286. The van der Waals surface area contributed by atoms with E-state index in [9.17, 15) is 5.11 Å². The average Bonchev–Trinajstić information content (AvgIpc) is 2.65. The van der Waals surface area contributed by atoms with Gasteiger partial charge >= 0.3 is 0 Å². The van der Waals surface area contributed by atoms with Gasteiger partial charge < -0.3 is 5.11 Å². The number of hydrogen-bond donors (Lipinski definition) is 1. The van der Waals surface area contributed by atoms with Crippen LogP contribution < -0.4 is 0 Å². The summed E-state index contributed by atoms with van der Waals surface area (Å²) in [5, 5.41) is 12.7. The maximum atomic E-state index is 10.7. The van der Waals surface area contributed by atoms with Gasteiger partial charge in [-0.15, -0.1) is 11.3 Å². The van der Waals surface area contributed by atoms with Gasteiger partial charge in [-0.05, 0) is 43.3 Å². The molecule has 2 aromatic rings. The Balaban J connectivity index is 2.51. The standard InChI is InChI=1S/C14H16OS/c1-10-5-4-6-12(9-10)14(3,15)13-11(2)7-8-16-13/h4-9,15H,1-3H3. The zero-order chi connectivity index (χ0) is 11.8. The van der Waals surface area contributed by atoms with Gasteiger partial charge in [-0.25, -0.2) is 0 Å². The SMILES string of the molecule is Cc1cccc(C(C)(O)c2sccc2C)c1. The highest BCUT2D eigenvalue weighted by Crippen LogP contribution is 2.35. The zero-order valence-electron chi connectivity index (χ0n) is 9.82. The second-order valence-electron chi connectivity index (χ2n) is 4.37. The summed E-state index contributed by atoms with van der Waals surface area (Å²) in [6, 6.07) is 10.1. The monoisotopic (exact) mass is 232 g/mol. The summed E-state index contributed by atoms with van der Waals surface area (Å²) in [5.74, 6) is 0. The van der Waals surface area contributed by atoms with Crippen LogP contribution in [0, 0.1) is 13.8 Å². The van der Waals surface area contributed by atoms with E-state index in [0.717, 1.165) is 16.0 Å². The van der Waals surface area contributed by atoms with Crippen molar-refractivity contribution < 1.29 is 5.11 Å². The van der Waals surface area contributed by atoms with E-state index in [-0.39, 0.29) is 0 Å². The maximum absolute atomic E-state index is 10.7. The summed E-state index contributed by atoms with van der Waals surface area (Å²) in [5.41, 5.74) is 2.39. The molecule has 1 N–H and O–H groups in total. The fourth-order valence-electron chi connectivity index (χ4n) is 1.95. The van der Waals surface area contributed by atoms with Crippen LogP contribution in [0.4, 0.5) is 0 Å². The average molecular weight is 232 g/mol. The quantitative estimate of drug-likeness (QED) is 0.838. The van der Waals surface area contributed by atoms with Crippen molar-refractivity contribution in [3.05, 3.63) is 57.3 Å². The van der Waals surface area contributed by atoms with Crippen LogP contribution in [0.3, 0.4) is 0 Å². The second-order valence-corrected chi connectivity index (χ2v) is 5.29. The first-order valence-electron chi connectivity index (χ1n) is 5.36. The minimum atomic E-state index is -0.885. The number of aliphatic hydroxyl groups is 1. The number of benzene rings is 1. The van der Waals surface area contributed by atoms with E-state index in [4.69, 9.17) is 0 Å². The summed E-state index contributed by atoms with van der Waals surface area (Å²) in [7, 11) is 0. The summed E-state index contributed by atoms with van der Waals surface area (Å²) < 4.78 is 0. The molecule has 0 saturated heterocycles. The lowest BCUT2D eigenvalue weighted by atomic mass is 9.91. The number of thiophene rings is 1. The molecule has 1 nitrogen and oxygen atoms in total. The molecule has 0 fully saturated rings. The molecule has 0 radical (unpaired) electrons. The van der Waals surface area contributed by atoms with Crippen LogP contribution in [0.15, 0.2) is 35.7 Å². The molecule has 2 heteroatoms. The van der Waals surface area contributed by atoms with Crippen LogP contribution >= 0.6 is 11.3 Å². The smallest absolute Gasteiger partial charge is 0.121 e. The van der Waals surface area contributed by atoms with Crippen molar-refractivity contribution in [3.8, 4) is 0 Å². The van der Waals surface area contributed by atoms with E-state index in [0.29, 0.717) is 0 Å². The van der Waals surface area contributed by atoms with Gasteiger partial charge in [-0.3, -0.25) is 0 Å². The molecule has 84 valence electrons. The molecule has 1 atom stereocenters. The van der Waals surface area contributed by atoms with Gasteiger partial charge in [-0.1, -0.05) is 29.8 Å². The lowest BCUT2D eigenvalue weighted by Crippen LogP contribution is -2.22. The Morgan fingerprint density at radius 3 is 2.50 bits per heavy atom. The van der Waals surface area contributed by atoms with E-state index in [1.54, 1.807) is 11.3 Å². The summed E-state index contributed by atoms with van der Waals surface area (Å²) in [6.07, 6.45) is 0. The molecule has 1 aromatic heterocycles. The Kier molecular flexibility index (Phi) is 2.87. The highest BCUT2D eigenvalue weighted by molar-refractivity contribution is 7.10. The van der Waals surface area contributed by atoms with Crippen molar-refractivity contribution in [1.29, 1.82) is 0 Å². The van der Waals surface area contributed by atoms with Gasteiger partial charge in [0.05, 0.1) is 0 Å². The van der Waals surface area contributed by atoms with E-state index >= 15 is 0 Å². The molecule has 2 rings (SSSR count). The van der Waals surface area contributed by atoms with Crippen molar-refractivity contribution in [1.82, 2.24) is 0 Å². The maximum Gasteiger partial charge on any atom is 0.121 e. The van der Waals surface area contributed by atoms with Gasteiger partial charge in [0.1, 0.15) is 5.60 Å². The van der Waals surface area contributed by atoms with Crippen LogP contribution in [0.5, 0.6) is 0 Å². The predicted molar refractivity (Wildman–Crippen MR) is 68.9 cm³/mol. The lowest BCUT2D eigenvalue weighted by molar-refractivity contribution is 0.105. The van der Waals surface area contributed by atoms with E-state index in [2.05, 4.69) is 0 Å². The van der Waals surface area contributed by atoms with Crippen molar-refractivity contribution in [2.45, 2.75) is 26.4 Å². The minimum absolute atomic E-state index is 0.885. The third-order valence-electron chi connectivity index (χ3n) is 2.88. The van der Waals surface area contributed by atoms with E-state index in [1.807, 2.05) is 56.5 Å². The van der Waals surface area contributed by atoms with Crippen molar-refractivity contribution >= 4 is 11.3 Å². The number of rotatable bonds is 2. The molecule has 1 heterocycles. The second kappa shape index (κ2) is 4.04. The van der Waals surface area contributed by atoms with Crippen LogP contribution in [-0.2, 0) is 5.60 Å².